The van der Waals surface area contributed by atoms with Gasteiger partial charge in [-0.25, -0.2) is 98.7 Å². The first-order valence-electron chi connectivity index (χ1n) is 42.7. The van der Waals surface area contributed by atoms with Crippen LogP contribution in [0.4, 0.5) is 43.8 Å². The molecule has 30 nitrogen and oxygen atoms in total. The molecular formula is C99H84BBr4N19O11S6. The smallest absolute Gasteiger partial charge is 0.489 e. The number of halogens is 4. The molecule has 0 atom stereocenters. The van der Waals surface area contributed by atoms with Crippen molar-refractivity contribution in [3.63, 3.8) is 0 Å². The van der Waals surface area contributed by atoms with Crippen LogP contribution in [0.2, 0.25) is 0 Å². The molecule has 3 aliphatic rings. The Morgan fingerprint density at radius 2 is 0.771 bits per heavy atom. The second-order valence-corrected chi connectivity index (χ2v) is 41.7. The molecule has 0 unspecified atom stereocenters. The Kier molecular flexibility index (Phi) is 35.2. The summed E-state index contributed by atoms with van der Waals surface area (Å²) in [5, 5.41) is 27.1. The van der Waals surface area contributed by atoms with Crippen LogP contribution in [0.15, 0.2) is 385 Å². The van der Waals surface area contributed by atoms with Crippen molar-refractivity contribution >= 4 is 184 Å². The highest BCUT2D eigenvalue weighted by Crippen LogP contribution is 2.46. The van der Waals surface area contributed by atoms with Gasteiger partial charge in [0.2, 0.25) is 0 Å². The van der Waals surface area contributed by atoms with Gasteiger partial charge in [0.15, 0.2) is 15.4 Å². The zero-order chi connectivity index (χ0) is 97.8. The number of hydrogen-bond acceptors (Lipinski definition) is 30. The van der Waals surface area contributed by atoms with Gasteiger partial charge in [0.1, 0.15) is 68.7 Å². The van der Waals surface area contributed by atoms with E-state index in [2.05, 4.69) is 148 Å². The van der Waals surface area contributed by atoms with Crippen molar-refractivity contribution in [1.82, 2.24) is 64.8 Å². The van der Waals surface area contributed by atoms with E-state index in [9.17, 15) is 25.3 Å². The Bertz CT molecular complexity index is 7380. The quantitative estimate of drug-likeness (QED) is 0.0515. The lowest BCUT2D eigenvalue weighted by Gasteiger charge is -2.33. The molecule has 3 aliphatic heterocycles. The van der Waals surface area contributed by atoms with Gasteiger partial charge in [-0.3, -0.25) is 4.72 Å². The molecule has 18 aromatic rings. The number of thiazole rings is 3. The molecule has 11 heterocycles. The molecule has 0 amide bonds. The fourth-order valence-electron chi connectivity index (χ4n) is 14.1. The predicted molar refractivity (Wildman–Crippen MR) is 564 cm³/mol. The number of nitrogens with one attached hydrogen (secondary N) is 2. The largest absolute Gasteiger partial charge is 0.490 e. The number of nitrogens with zero attached hydrogens (tertiary/aromatic N) is 17. The summed E-state index contributed by atoms with van der Waals surface area (Å²) in [6, 6.07) is 69.5. The van der Waals surface area contributed by atoms with Crippen molar-refractivity contribution in [3.8, 4) is 61.8 Å². The summed E-state index contributed by atoms with van der Waals surface area (Å²) in [5.41, 5.74) is 16.9. The zero-order valence-electron chi connectivity index (χ0n) is 74.4. The molecule has 0 radical (unpaired) electrons. The molecular weight excluding hydrogens is 2150 g/mol. The van der Waals surface area contributed by atoms with E-state index in [-0.39, 0.29) is 27.8 Å². The molecule has 0 spiro atoms. The van der Waals surface area contributed by atoms with Crippen LogP contribution in [-0.4, -0.2) is 147 Å². The number of rotatable bonds is 20. The first kappa shape index (κ1) is 101. The standard InChI is InChI=1S/C29H25N5O3S2.C21H17N5O3S2.C19H19N3O3S2.2C10H7BrN2.C6H6BBrO2.C4H3BrN2/c1-21-6-8-22(9-7-21)19-34(29-32-12-15-38-29)39(35,36)24-10-11-27-28(16-24)37-14-13-33(27)26-5-3-2-4-25(26)23-17-30-20-31-18-23;27-31(28,25-21-24-7-10-30-21)16-5-6-19-20(11-16)29-9-8-26(19)18-4-2-1-3-17(18)15-12-22-14-23-13-15;1-14-2-4-15(5-3-14)13-22(19-21-9-11-26-19)27(23,24)16-6-7-17-18(12-16)25-10-8-20-17;2*11-10-4-2-1-3-9(10)8-5-12-7-13-6-8;8-6-4-2-1-3-5(6)7(9)10;5-4-1-6-3-7-2-4/h2-12,15-18,20H,13-14,19H2,1H3;1-7,10-14H,8-9H2,(H,24,25);2-7,9,11-12,20H,8,10,13H2,1H3;2*1-7H;1-4,9-10H;1-3H. The Labute approximate surface area is 855 Å². The summed E-state index contributed by atoms with van der Waals surface area (Å²) in [6.07, 6.45) is 30.0. The minimum absolute atomic E-state index is 0.119. The van der Waals surface area contributed by atoms with Gasteiger partial charge in [-0.15, -0.1) is 34.0 Å². The second kappa shape index (κ2) is 48.8. The number of fused-ring (bicyclic) bond motifs is 3. The van der Waals surface area contributed by atoms with E-state index >= 15 is 0 Å². The Hall–Kier alpha value is -13.6. The topological polar surface area (TPSA) is 375 Å². The maximum absolute atomic E-state index is 14.0. The van der Waals surface area contributed by atoms with Crippen molar-refractivity contribution < 1.29 is 49.5 Å². The fraction of sp³-hybridized carbons (Fsp3) is 0.101. The van der Waals surface area contributed by atoms with E-state index in [4.69, 9.17) is 24.3 Å². The van der Waals surface area contributed by atoms with Crippen LogP contribution in [0.25, 0.3) is 44.5 Å². The van der Waals surface area contributed by atoms with E-state index < -0.39 is 37.2 Å². The van der Waals surface area contributed by atoms with Crippen LogP contribution in [-0.2, 0) is 43.2 Å². The molecule has 10 aromatic carbocycles. The van der Waals surface area contributed by atoms with Gasteiger partial charge in [-0.1, -0.05) is 198 Å². The molecule has 8 aromatic heterocycles. The Morgan fingerprint density at radius 1 is 0.400 bits per heavy atom. The minimum Gasteiger partial charge on any atom is -0.490 e. The summed E-state index contributed by atoms with van der Waals surface area (Å²) in [6.45, 7) is 7.68. The Balaban J connectivity index is 0.000000132. The third kappa shape index (κ3) is 26.5. The highest BCUT2D eigenvalue weighted by atomic mass is 79.9. The van der Waals surface area contributed by atoms with E-state index in [1.807, 2.05) is 172 Å². The van der Waals surface area contributed by atoms with Gasteiger partial charge in [0, 0.05) is 180 Å². The average molecular weight is 2240 g/mol. The summed E-state index contributed by atoms with van der Waals surface area (Å²) in [5.74, 6) is 1.57. The molecule has 0 aliphatic carbocycles. The summed E-state index contributed by atoms with van der Waals surface area (Å²) < 4.78 is 107. The van der Waals surface area contributed by atoms with Crippen LogP contribution in [0.5, 0.6) is 17.2 Å². The number of benzene rings is 10. The lowest BCUT2D eigenvalue weighted by atomic mass is 9.80. The van der Waals surface area contributed by atoms with Gasteiger partial charge in [-0.05, 0) is 124 Å². The van der Waals surface area contributed by atoms with Gasteiger partial charge >= 0.3 is 7.12 Å². The van der Waals surface area contributed by atoms with Crippen LogP contribution in [0, 0.1) is 13.8 Å². The van der Waals surface area contributed by atoms with Crippen molar-refractivity contribution in [2.75, 3.05) is 67.9 Å². The summed E-state index contributed by atoms with van der Waals surface area (Å²) >= 11 is 17.1. The molecule has 0 bridgehead atoms. The lowest BCUT2D eigenvalue weighted by molar-refractivity contribution is 0.313. The average Bonchev–Trinajstić information content (AvgIpc) is 1.08. The normalized spacial score (nSPS) is 12.1. The number of aromatic nitrogens is 13. The molecule has 4 N–H and O–H groups in total. The van der Waals surface area contributed by atoms with E-state index in [0.717, 1.165) is 109 Å². The van der Waals surface area contributed by atoms with Gasteiger partial charge < -0.3 is 39.4 Å². The number of sulfonamides is 3. The zero-order valence-corrected chi connectivity index (χ0v) is 85.6. The molecule has 0 fully saturated rings. The minimum atomic E-state index is -3.93. The summed E-state index contributed by atoms with van der Waals surface area (Å²) in [4.78, 5) is 57.2. The van der Waals surface area contributed by atoms with Crippen LogP contribution in [0.1, 0.15) is 22.3 Å². The van der Waals surface area contributed by atoms with Crippen molar-refractivity contribution in [2.24, 2.45) is 0 Å². The first-order chi connectivity index (χ1) is 68.0. The Morgan fingerprint density at radius 3 is 1.17 bits per heavy atom. The summed E-state index contributed by atoms with van der Waals surface area (Å²) in [7, 11) is -12.9. The SMILES string of the molecule is Brc1ccccc1-c1cncnc1.Brc1ccccc1-c1cncnc1.Brc1cncnc1.Cc1ccc(CN(c2nccs2)S(=O)(=O)c2ccc3c(c2)OCCN3)cc1.Cc1ccc(CN(c2nccs2)S(=O)(=O)c2ccc3c(c2)OCCN3c2ccccc2-c2cncnc2)cc1.O=S(=O)(Nc1nccs1)c1ccc2c(c1)OCCN2c1ccccc1-c1cncnc1.OB(O)c1ccccc1Br. The van der Waals surface area contributed by atoms with Gasteiger partial charge in [0.05, 0.1) is 62.4 Å². The van der Waals surface area contributed by atoms with E-state index in [0.29, 0.717) is 82.0 Å². The lowest BCUT2D eigenvalue weighted by Crippen LogP contribution is -2.32. The van der Waals surface area contributed by atoms with Gasteiger partial charge in [-0.2, -0.15) is 0 Å². The monoisotopic (exact) mass is 2230 g/mol. The molecule has 21 rings (SSSR count). The maximum atomic E-state index is 14.0. The molecule has 0 saturated heterocycles. The number of aryl methyl sites for hydroxylation is 2. The van der Waals surface area contributed by atoms with Gasteiger partial charge in [0.25, 0.3) is 30.1 Å². The van der Waals surface area contributed by atoms with Crippen LogP contribution >= 0.6 is 97.7 Å². The molecule has 708 valence electrons. The third-order valence-electron chi connectivity index (χ3n) is 20.9. The maximum Gasteiger partial charge on any atom is 0.489 e. The predicted octanol–water partition coefficient (Wildman–Crippen LogP) is 20.6. The second-order valence-electron chi connectivity index (χ2n) is 30.2. The highest BCUT2D eigenvalue weighted by molar-refractivity contribution is 9.11. The molecule has 140 heavy (non-hydrogen) atoms. The van der Waals surface area contributed by atoms with Crippen molar-refractivity contribution in [3.05, 3.63) is 393 Å². The number of hydrogen-bond donors (Lipinski definition) is 4. The number of para-hydroxylation sites is 2. The van der Waals surface area contributed by atoms with Crippen LogP contribution < -0.4 is 48.1 Å². The van der Waals surface area contributed by atoms with Crippen LogP contribution in [0.3, 0.4) is 0 Å². The number of anilines is 8. The van der Waals surface area contributed by atoms with Crippen molar-refractivity contribution in [1.29, 1.82) is 0 Å². The van der Waals surface area contributed by atoms with E-state index in [1.54, 1.807) is 163 Å². The first-order valence-corrected chi connectivity index (χ1v) is 52.9. The number of ether oxygens (including phenoxy) is 3. The van der Waals surface area contributed by atoms with Crippen molar-refractivity contribution in [2.45, 2.75) is 41.6 Å². The molecule has 41 heteroatoms. The highest BCUT2D eigenvalue weighted by Gasteiger charge is 2.33. The van der Waals surface area contributed by atoms with E-state index in [1.165, 1.54) is 74.3 Å². The fourth-order valence-corrected chi connectivity index (χ4v) is 22.3. The molecule has 0 saturated carbocycles. The third-order valence-corrected chi connectivity index (χ3v) is 30.8.